The Labute approximate surface area is 160 Å². The van der Waals surface area contributed by atoms with Crippen LogP contribution < -0.4 is 10.6 Å². The maximum absolute atomic E-state index is 5.39. The predicted octanol–water partition coefficient (Wildman–Crippen LogP) is 5.72. The fraction of sp³-hybridized carbons (Fsp3) is 0.0526. The van der Waals surface area contributed by atoms with Gasteiger partial charge in [-0.05, 0) is 55.0 Å². The van der Waals surface area contributed by atoms with E-state index < -0.39 is 0 Å². The number of nitrogens with zero attached hydrogens (tertiary/aromatic N) is 1. The molecule has 0 aliphatic heterocycles. The first-order valence-electron chi connectivity index (χ1n) is 7.65. The van der Waals surface area contributed by atoms with E-state index >= 15 is 0 Å². The molecular weight excluding hydrogens is 398 g/mol. The number of halogens is 1. The minimum absolute atomic E-state index is 0.475. The number of nitrogens with one attached hydrogen (secondary N) is 2. The standard InChI is InChI=1S/C19H16BrN3OS/c1-13-18(22-19(25)21-16-10-8-15(20)9-11-16)17(24-23-13)12-7-14-5-3-2-4-6-14/h2-12H,1H3,(H2,21,22,25)/b12-7+. The van der Waals surface area contributed by atoms with Crippen molar-refractivity contribution in [2.75, 3.05) is 10.6 Å². The van der Waals surface area contributed by atoms with Crippen LogP contribution in [0.2, 0.25) is 0 Å². The lowest BCUT2D eigenvalue weighted by Crippen LogP contribution is -2.19. The van der Waals surface area contributed by atoms with Gasteiger partial charge < -0.3 is 15.2 Å². The maximum atomic E-state index is 5.39. The van der Waals surface area contributed by atoms with Gasteiger partial charge in [-0.2, -0.15) is 0 Å². The zero-order valence-electron chi connectivity index (χ0n) is 13.5. The van der Waals surface area contributed by atoms with Crippen LogP contribution in [0.15, 0.2) is 63.6 Å². The average Bonchev–Trinajstić information content (AvgIpc) is 2.96. The molecule has 3 aromatic rings. The van der Waals surface area contributed by atoms with Crippen LogP contribution in [0.25, 0.3) is 12.2 Å². The number of hydrogen-bond acceptors (Lipinski definition) is 3. The van der Waals surface area contributed by atoms with E-state index in [0.29, 0.717) is 10.9 Å². The van der Waals surface area contributed by atoms with Gasteiger partial charge in [0.25, 0.3) is 0 Å². The first kappa shape index (κ1) is 17.4. The van der Waals surface area contributed by atoms with Gasteiger partial charge in [0.05, 0.1) is 0 Å². The van der Waals surface area contributed by atoms with E-state index in [4.69, 9.17) is 16.7 Å². The third-order valence-electron chi connectivity index (χ3n) is 3.46. The molecule has 0 saturated heterocycles. The molecule has 1 aromatic heterocycles. The number of rotatable bonds is 4. The van der Waals surface area contributed by atoms with Gasteiger partial charge in [-0.25, -0.2) is 0 Å². The van der Waals surface area contributed by atoms with Crippen molar-refractivity contribution in [3.63, 3.8) is 0 Å². The van der Waals surface area contributed by atoms with E-state index in [0.717, 1.165) is 27.1 Å². The molecule has 0 aliphatic rings. The number of aromatic nitrogens is 1. The second kappa shape index (κ2) is 8.09. The van der Waals surface area contributed by atoms with E-state index in [9.17, 15) is 0 Å². The van der Waals surface area contributed by atoms with Gasteiger partial charge in [0.1, 0.15) is 11.4 Å². The Kier molecular flexibility index (Phi) is 5.63. The first-order valence-corrected chi connectivity index (χ1v) is 8.85. The van der Waals surface area contributed by atoms with E-state index in [2.05, 4.69) is 31.7 Å². The van der Waals surface area contributed by atoms with E-state index in [-0.39, 0.29) is 0 Å². The fourth-order valence-corrected chi connectivity index (χ4v) is 2.68. The largest absolute Gasteiger partial charge is 0.354 e. The van der Waals surface area contributed by atoms with Crippen LogP contribution in [0.5, 0.6) is 0 Å². The molecule has 0 atom stereocenters. The number of benzene rings is 2. The van der Waals surface area contributed by atoms with Crippen molar-refractivity contribution < 1.29 is 4.52 Å². The number of anilines is 2. The summed E-state index contributed by atoms with van der Waals surface area (Å²) in [5.74, 6) is 0.626. The lowest BCUT2D eigenvalue weighted by atomic mass is 10.2. The monoisotopic (exact) mass is 413 g/mol. The van der Waals surface area contributed by atoms with Crippen molar-refractivity contribution in [3.05, 3.63) is 76.1 Å². The van der Waals surface area contributed by atoms with Crippen LogP contribution in [-0.4, -0.2) is 10.3 Å². The van der Waals surface area contributed by atoms with Crippen molar-refractivity contribution in [2.24, 2.45) is 0 Å². The van der Waals surface area contributed by atoms with Gasteiger partial charge in [-0.15, -0.1) is 0 Å². The molecule has 126 valence electrons. The van der Waals surface area contributed by atoms with Gasteiger partial charge >= 0.3 is 0 Å². The Morgan fingerprint density at radius 3 is 2.48 bits per heavy atom. The molecule has 2 N–H and O–H groups in total. The average molecular weight is 414 g/mol. The van der Waals surface area contributed by atoms with Crippen LogP contribution in [0.3, 0.4) is 0 Å². The zero-order valence-corrected chi connectivity index (χ0v) is 15.9. The normalized spacial score (nSPS) is 10.8. The van der Waals surface area contributed by atoms with Crippen LogP contribution in [0.4, 0.5) is 11.4 Å². The molecule has 2 aromatic carbocycles. The highest BCUT2D eigenvalue weighted by Crippen LogP contribution is 2.23. The lowest BCUT2D eigenvalue weighted by molar-refractivity contribution is 0.408. The van der Waals surface area contributed by atoms with E-state index in [1.807, 2.05) is 73.7 Å². The van der Waals surface area contributed by atoms with E-state index in [1.54, 1.807) is 0 Å². The Bertz CT molecular complexity index is 889. The third-order valence-corrected chi connectivity index (χ3v) is 4.19. The predicted molar refractivity (Wildman–Crippen MR) is 111 cm³/mol. The van der Waals surface area contributed by atoms with Crippen LogP contribution in [-0.2, 0) is 0 Å². The Hall–Kier alpha value is -2.44. The van der Waals surface area contributed by atoms with Gasteiger partial charge in [-0.3, -0.25) is 0 Å². The summed E-state index contributed by atoms with van der Waals surface area (Å²) in [4.78, 5) is 0. The van der Waals surface area contributed by atoms with Gasteiger partial charge in [-0.1, -0.05) is 57.5 Å². The van der Waals surface area contributed by atoms with Crippen molar-refractivity contribution in [1.82, 2.24) is 5.16 Å². The highest BCUT2D eigenvalue weighted by atomic mass is 79.9. The molecule has 0 spiro atoms. The molecule has 0 amide bonds. The molecule has 0 unspecified atom stereocenters. The molecular formula is C19H16BrN3OS. The molecule has 0 saturated carbocycles. The van der Waals surface area contributed by atoms with E-state index in [1.165, 1.54) is 0 Å². The highest BCUT2D eigenvalue weighted by molar-refractivity contribution is 9.10. The molecule has 0 fully saturated rings. The number of aryl methyl sites for hydroxylation is 1. The highest BCUT2D eigenvalue weighted by Gasteiger charge is 2.12. The Balaban J connectivity index is 1.72. The molecule has 3 rings (SSSR count). The summed E-state index contributed by atoms with van der Waals surface area (Å²) >= 11 is 8.80. The van der Waals surface area contributed by atoms with Crippen LogP contribution in [0.1, 0.15) is 17.0 Å². The number of thiocarbonyl (C=S) groups is 1. The molecule has 0 radical (unpaired) electrons. The van der Waals surface area contributed by atoms with Gasteiger partial charge in [0.15, 0.2) is 10.9 Å². The van der Waals surface area contributed by atoms with Gasteiger partial charge in [0, 0.05) is 10.2 Å². The summed E-state index contributed by atoms with van der Waals surface area (Å²) in [5.41, 5.74) is 3.48. The summed E-state index contributed by atoms with van der Waals surface area (Å²) in [5, 5.41) is 10.8. The van der Waals surface area contributed by atoms with Crippen molar-refractivity contribution >= 4 is 56.8 Å². The SMILES string of the molecule is Cc1noc(/C=C/c2ccccc2)c1NC(=S)Nc1ccc(Br)cc1. The summed E-state index contributed by atoms with van der Waals surface area (Å²) < 4.78 is 6.41. The van der Waals surface area contributed by atoms with Crippen molar-refractivity contribution in [3.8, 4) is 0 Å². The van der Waals surface area contributed by atoms with Crippen molar-refractivity contribution in [2.45, 2.75) is 6.92 Å². The maximum Gasteiger partial charge on any atom is 0.183 e. The van der Waals surface area contributed by atoms with Crippen LogP contribution in [0, 0.1) is 6.92 Å². The molecule has 0 aliphatic carbocycles. The zero-order chi connectivity index (χ0) is 17.6. The second-order valence-corrected chi connectivity index (χ2v) is 6.66. The summed E-state index contributed by atoms with van der Waals surface area (Å²) in [6.07, 6.45) is 3.84. The van der Waals surface area contributed by atoms with Gasteiger partial charge in [0.2, 0.25) is 0 Å². The minimum Gasteiger partial charge on any atom is -0.354 e. The molecule has 4 nitrogen and oxygen atoms in total. The molecule has 25 heavy (non-hydrogen) atoms. The molecule has 6 heteroatoms. The number of hydrogen-bond donors (Lipinski definition) is 2. The fourth-order valence-electron chi connectivity index (χ4n) is 2.20. The Morgan fingerprint density at radius 1 is 1.04 bits per heavy atom. The molecule has 1 heterocycles. The topological polar surface area (TPSA) is 50.1 Å². The van der Waals surface area contributed by atoms with Crippen molar-refractivity contribution in [1.29, 1.82) is 0 Å². The smallest absolute Gasteiger partial charge is 0.183 e. The first-order chi connectivity index (χ1) is 12.1. The minimum atomic E-state index is 0.475. The van der Waals surface area contributed by atoms with Crippen LogP contribution >= 0.6 is 28.1 Å². The summed E-state index contributed by atoms with van der Waals surface area (Å²) in [7, 11) is 0. The molecule has 0 bridgehead atoms. The Morgan fingerprint density at radius 2 is 1.76 bits per heavy atom. The quantitative estimate of drug-likeness (QED) is 0.535. The second-order valence-electron chi connectivity index (χ2n) is 5.34. The summed E-state index contributed by atoms with van der Waals surface area (Å²) in [6.45, 7) is 1.87. The third kappa shape index (κ3) is 4.78. The lowest BCUT2D eigenvalue weighted by Gasteiger charge is -2.10. The summed E-state index contributed by atoms with van der Waals surface area (Å²) in [6, 6.07) is 17.8.